The molecule has 0 saturated heterocycles. The SMILES string of the molecule is COc1cccc(Oc2cc(Br)ccc2C)c1[C@H](C)N. The van der Waals surface area contributed by atoms with Gasteiger partial charge in [0.1, 0.15) is 17.2 Å². The Morgan fingerprint density at radius 1 is 1.10 bits per heavy atom. The molecule has 0 radical (unpaired) electrons. The molecule has 2 aromatic carbocycles. The van der Waals surface area contributed by atoms with Crippen LogP contribution in [0.15, 0.2) is 40.9 Å². The summed E-state index contributed by atoms with van der Waals surface area (Å²) >= 11 is 3.46. The molecule has 3 nitrogen and oxygen atoms in total. The largest absolute Gasteiger partial charge is 0.496 e. The Labute approximate surface area is 127 Å². The zero-order chi connectivity index (χ0) is 14.7. The normalized spacial score (nSPS) is 12.1. The average molecular weight is 336 g/mol. The lowest BCUT2D eigenvalue weighted by atomic mass is 10.1. The molecule has 0 unspecified atom stereocenters. The van der Waals surface area contributed by atoms with Crippen LogP contribution in [0.4, 0.5) is 0 Å². The van der Waals surface area contributed by atoms with Crippen LogP contribution in [0, 0.1) is 6.92 Å². The van der Waals surface area contributed by atoms with E-state index < -0.39 is 0 Å². The maximum Gasteiger partial charge on any atom is 0.135 e. The summed E-state index contributed by atoms with van der Waals surface area (Å²) in [5.74, 6) is 2.26. The quantitative estimate of drug-likeness (QED) is 0.889. The molecule has 0 heterocycles. The minimum Gasteiger partial charge on any atom is -0.496 e. The summed E-state index contributed by atoms with van der Waals surface area (Å²) in [5.41, 5.74) is 7.97. The first-order valence-corrected chi connectivity index (χ1v) is 7.18. The monoisotopic (exact) mass is 335 g/mol. The molecule has 0 aliphatic carbocycles. The van der Waals surface area contributed by atoms with Crippen molar-refractivity contribution in [3.63, 3.8) is 0 Å². The number of hydrogen-bond donors (Lipinski definition) is 1. The van der Waals surface area contributed by atoms with Crippen molar-refractivity contribution in [1.82, 2.24) is 0 Å². The standard InChI is InChI=1S/C16H18BrNO2/c1-10-7-8-12(17)9-15(10)20-14-6-4-5-13(19-3)16(14)11(2)18/h4-9,11H,18H2,1-3H3/t11-/m0/s1. The van der Waals surface area contributed by atoms with Gasteiger partial charge in [0.15, 0.2) is 0 Å². The first-order valence-electron chi connectivity index (χ1n) is 6.39. The van der Waals surface area contributed by atoms with Crippen molar-refractivity contribution >= 4 is 15.9 Å². The highest BCUT2D eigenvalue weighted by atomic mass is 79.9. The summed E-state index contributed by atoms with van der Waals surface area (Å²) in [4.78, 5) is 0. The zero-order valence-electron chi connectivity index (χ0n) is 11.8. The van der Waals surface area contributed by atoms with Crippen LogP contribution in [-0.2, 0) is 0 Å². The van der Waals surface area contributed by atoms with E-state index in [2.05, 4.69) is 15.9 Å². The van der Waals surface area contributed by atoms with Gasteiger partial charge in [-0.15, -0.1) is 0 Å². The van der Waals surface area contributed by atoms with Gasteiger partial charge in [0, 0.05) is 10.5 Å². The predicted octanol–water partition coefficient (Wildman–Crippen LogP) is 4.58. The van der Waals surface area contributed by atoms with Crippen molar-refractivity contribution in [2.24, 2.45) is 5.73 Å². The van der Waals surface area contributed by atoms with E-state index >= 15 is 0 Å². The third-order valence-corrected chi connectivity index (χ3v) is 3.56. The Morgan fingerprint density at radius 2 is 1.80 bits per heavy atom. The molecular weight excluding hydrogens is 318 g/mol. The van der Waals surface area contributed by atoms with Gasteiger partial charge >= 0.3 is 0 Å². The Kier molecular flexibility index (Phi) is 4.68. The van der Waals surface area contributed by atoms with E-state index in [-0.39, 0.29) is 6.04 Å². The van der Waals surface area contributed by atoms with E-state index in [1.54, 1.807) is 7.11 Å². The van der Waals surface area contributed by atoms with Crippen molar-refractivity contribution in [2.75, 3.05) is 7.11 Å². The fourth-order valence-electron chi connectivity index (χ4n) is 2.04. The molecule has 0 aromatic heterocycles. The number of rotatable bonds is 4. The van der Waals surface area contributed by atoms with Crippen molar-refractivity contribution in [1.29, 1.82) is 0 Å². The molecule has 0 spiro atoms. The van der Waals surface area contributed by atoms with E-state index in [4.69, 9.17) is 15.2 Å². The Hall–Kier alpha value is -1.52. The van der Waals surface area contributed by atoms with Crippen LogP contribution in [0.25, 0.3) is 0 Å². The Balaban J connectivity index is 2.45. The molecule has 0 aliphatic heterocycles. The average Bonchev–Trinajstić information content (AvgIpc) is 2.42. The van der Waals surface area contributed by atoms with Gasteiger partial charge in [-0.3, -0.25) is 0 Å². The highest BCUT2D eigenvalue weighted by molar-refractivity contribution is 9.10. The van der Waals surface area contributed by atoms with Gasteiger partial charge in [-0.25, -0.2) is 0 Å². The number of nitrogens with two attached hydrogens (primary N) is 1. The smallest absolute Gasteiger partial charge is 0.135 e. The van der Waals surface area contributed by atoms with Crippen LogP contribution >= 0.6 is 15.9 Å². The van der Waals surface area contributed by atoms with Gasteiger partial charge in [-0.1, -0.05) is 28.1 Å². The van der Waals surface area contributed by atoms with E-state index in [0.29, 0.717) is 0 Å². The lowest BCUT2D eigenvalue weighted by Crippen LogP contribution is -2.08. The van der Waals surface area contributed by atoms with E-state index in [1.165, 1.54) is 0 Å². The molecule has 1 atom stereocenters. The van der Waals surface area contributed by atoms with Gasteiger partial charge in [0.2, 0.25) is 0 Å². The number of hydrogen-bond acceptors (Lipinski definition) is 3. The molecule has 0 saturated carbocycles. The molecular formula is C16H18BrNO2. The number of ether oxygens (including phenoxy) is 2. The molecule has 0 fully saturated rings. The van der Waals surface area contributed by atoms with Gasteiger partial charge in [0.05, 0.1) is 12.7 Å². The third kappa shape index (κ3) is 3.14. The number of benzene rings is 2. The number of methoxy groups -OCH3 is 1. The predicted molar refractivity (Wildman–Crippen MR) is 84.5 cm³/mol. The Morgan fingerprint density at radius 3 is 2.45 bits per heavy atom. The van der Waals surface area contributed by atoms with E-state index in [1.807, 2.05) is 50.2 Å². The Bertz CT molecular complexity index is 611. The molecule has 2 aromatic rings. The molecule has 0 aliphatic rings. The molecule has 2 N–H and O–H groups in total. The van der Waals surface area contributed by atoms with Crippen LogP contribution in [0.5, 0.6) is 17.2 Å². The van der Waals surface area contributed by atoms with Crippen molar-refractivity contribution in [2.45, 2.75) is 19.9 Å². The van der Waals surface area contributed by atoms with Crippen molar-refractivity contribution in [3.05, 3.63) is 52.0 Å². The summed E-state index contributed by atoms with van der Waals surface area (Å²) in [6.45, 7) is 3.92. The van der Waals surface area contributed by atoms with Crippen LogP contribution in [0.3, 0.4) is 0 Å². The lowest BCUT2D eigenvalue weighted by Gasteiger charge is -2.18. The van der Waals surface area contributed by atoms with Gasteiger partial charge < -0.3 is 15.2 Å². The van der Waals surface area contributed by atoms with Gasteiger partial charge in [-0.05, 0) is 43.7 Å². The highest BCUT2D eigenvalue weighted by Gasteiger charge is 2.15. The molecule has 20 heavy (non-hydrogen) atoms. The molecule has 106 valence electrons. The van der Waals surface area contributed by atoms with Gasteiger partial charge in [-0.2, -0.15) is 0 Å². The molecule has 2 rings (SSSR count). The summed E-state index contributed by atoms with van der Waals surface area (Å²) in [7, 11) is 1.63. The maximum atomic E-state index is 6.04. The first-order chi connectivity index (χ1) is 9.52. The number of halogens is 1. The molecule has 0 bridgehead atoms. The second-order valence-corrected chi connectivity index (χ2v) is 5.59. The maximum absolute atomic E-state index is 6.04. The summed E-state index contributed by atoms with van der Waals surface area (Å²) < 4.78 is 12.4. The fourth-order valence-corrected chi connectivity index (χ4v) is 2.38. The summed E-state index contributed by atoms with van der Waals surface area (Å²) in [5, 5.41) is 0. The third-order valence-electron chi connectivity index (χ3n) is 3.07. The number of aryl methyl sites for hydroxylation is 1. The van der Waals surface area contributed by atoms with Crippen molar-refractivity contribution in [3.8, 4) is 17.2 Å². The van der Waals surface area contributed by atoms with Gasteiger partial charge in [0.25, 0.3) is 0 Å². The highest BCUT2D eigenvalue weighted by Crippen LogP contribution is 2.37. The minimum atomic E-state index is -0.173. The molecule has 4 heteroatoms. The van der Waals surface area contributed by atoms with Crippen LogP contribution in [0.1, 0.15) is 24.1 Å². The van der Waals surface area contributed by atoms with Crippen LogP contribution in [-0.4, -0.2) is 7.11 Å². The van der Waals surface area contributed by atoms with E-state index in [0.717, 1.165) is 32.8 Å². The first kappa shape index (κ1) is 14.9. The summed E-state index contributed by atoms with van der Waals surface area (Å²) in [6, 6.07) is 11.5. The molecule has 0 amide bonds. The van der Waals surface area contributed by atoms with Crippen LogP contribution in [0.2, 0.25) is 0 Å². The van der Waals surface area contributed by atoms with Crippen molar-refractivity contribution < 1.29 is 9.47 Å². The van der Waals surface area contributed by atoms with E-state index in [9.17, 15) is 0 Å². The fraction of sp³-hybridized carbons (Fsp3) is 0.250. The van der Waals surface area contributed by atoms with Crippen LogP contribution < -0.4 is 15.2 Å². The topological polar surface area (TPSA) is 44.5 Å². The second-order valence-electron chi connectivity index (χ2n) is 4.67. The minimum absolute atomic E-state index is 0.173. The lowest BCUT2D eigenvalue weighted by molar-refractivity contribution is 0.397. The zero-order valence-corrected chi connectivity index (χ0v) is 13.4. The summed E-state index contributed by atoms with van der Waals surface area (Å²) in [6.07, 6.45) is 0. The second kappa shape index (κ2) is 6.29.